The van der Waals surface area contributed by atoms with Gasteiger partial charge in [-0.05, 0) is 18.8 Å². The Labute approximate surface area is 110 Å². The van der Waals surface area contributed by atoms with Gasteiger partial charge in [-0.25, -0.2) is 9.78 Å². The molecule has 0 aliphatic heterocycles. The first-order chi connectivity index (χ1) is 8.94. The van der Waals surface area contributed by atoms with Gasteiger partial charge in [0, 0.05) is 0 Å². The van der Waals surface area contributed by atoms with Crippen molar-refractivity contribution in [2.45, 2.75) is 38.1 Å². The van der Waals surface area contributed by atoms with Crippen molar-refractivity contribution < 1.29 is 9.90 Å². The summed E-state index contributed by atoms with van der Waals surface area (Å²) in [6.45, 7) is 2.02. The third-order valence-electron chi connectivity index (χ3n) is 3.65. The summed E-state index contributed by atoms with van der Waals surface area (Å²) in [5.74, 6) is -0.485. The Hall–Kier alpha value is -2.05. The van der Waals surface area contributed by atoms with Crippen LogP contribution in [0.3, 0.4) is 0 Å². The van der Waals surface area contributed by atoms with Gasteiger partial charge < -0.3 is 21.1 Å². The molecule has 0 saturated heterocycles. The second kappa shape index (κ2) is 4.91. The van der Waals surface area contributed by atoms with E-state index in [2.05, 4.69) is 15.3 Å². The molecule has 104 valence electrons. The average molecular weight is 266 g/mol. The van der Waals surface area contributed by atoms with Gasteiger partial charge in [0.25, 0.3) is 5.56 Å². The Morgan fingerprint density at radius 1 is 1.68 bits per heavy atom. The number of carbonyl (C=O) groups is 1. The van der Waals surface area contributed by atoms with Gasteiger partial charge in [0.15, 0.2) is 5.82 Å². The van der Waals surface area contributed by atoms with E-state index in [1.165, 1.54) is 6.33 Å². The van der Waals surface area contributed by atoms with Crippen LogP contribution in [0.1, 0.15) is 32.6 Å². The van der Waals surface area contributed by atoms with E-state index in [-0.39, 0.29) is 11.5 Å². The van der Waals surface area contributed by atoms with Gasteiger partial charge in [0.05, 0.1) is 6.33 Å². The Bertz CT molecular complexity index is 542. The number of anilines is 2. The number of nitrogen functional groups attached to an aromatic ring is 1. The van der Waals surface area contributed by atoms with E-state index < -0.39 is 17.1 Å². The molecule has 1 aliphatic rings. The molecule has 1 heterocycles. The lowest BCUT2D eigenvalue weighted by Crippen LogP contribution is -2.50. The number of nitrogens with zero attached hydrogens (tertiary/aromatic N) is 1. The Kier molecular flexibility index (Phi) is 3.46. The van der Waals surface area contributed by atoms with Crippen molar-refractivity contribution in [1.29, 1.82) is 0 Å². The lowest BCUT2D eigenvalue weighted by Gasteiger charge is -2.37. The number of hydrogen-bond acceptors (Lipinski definition) is 5. The topological polar surface area (TPSA) is 121 Å². The molecule has 7 heteroatoms. The minimum atomic E-state index is -1.09. The van der Waals surface area contributed by atoms with Crippen molar-refractivity contribution in [3.8, 4) is 0 Å². The number of nitrogens with one attached hydrogen (secondary N) is 2. The van der Waals surface area contributed by atoms with Crippen LogP contribution < -0.4 is 16.6 Å². The fraction of sp³-hybridized carbons (Fsp3) is 0.583. The van der Waals surface area contributed by atoms with E-state index >= 15 is 0 Å². The number of aromatic nitrogens is 2. The first-order valence-corrected chi connectivity index (χ1v) is 6.29. The van der Waals surface area contributed by atoms with E-state index in [0.717, 1.165) is 12.8 Å². The molecule has 1 fully saturated rings. The monoisotopic (exact) mass is 266 g/mol. The van der Waals surface area contributed by atoms with Gasteiger partial charge in [0.1, 0.15) is 11.2 Å². The van der Waals surface area contributed by atoms with E-state index in [1.54, 1.807) is 0 Å². The largest absolute Gasteiger partial charge is 0.480 e. The summed E-state index contributed by atoms with van der Waals surface area (Å²) in [4.78, 5) is 29.3. The Morgan fingerprint density at radius 3 is 3.05 bits per heavy atom. The number of rotatable bonds is 3. The van der Waals surface area contributed by atoms with Crippen LogP contribution in [0.15, 0.2) is 11.1 Å². The predicted molar refractivity (Wildman–Crippen MR) is 70.9 cm³/mol. The van der Waals surface area contributed by atoms with Crippen molar-refractivity contribution in [1.82, 2.24) is 9.97 Å². The van der Waals surface area contributed by atoms with E-state index in [4.69, 9.17) is 5.73 Å². The lowest BCUT2D eigenvalue weighted by molar-refractivity contribution is -0.144. The van der Waals surface area contributed by atoms with Gasteiger partial charge in [-0.3, -0.25) is 4.79 Å². The molecule has 2 unspecified atom stereocenters. The normalized spacial score (nSPS) is 26.9. The second-order valence-electron chi connectivity index (χ2n) is 5.21. The molecule has 7 nitrogen and oxygen atoms in total. The molecule has 19 heavy (non-hydrogen) atoms. The third-order valence-corrected chi connectivity index (χ3v) is 3.65. The minimum absolute atomic E-state index is 0.0821. The number of carboxylic acid groups (broad SMARTS) is 1. The first-order valence-electron chi connectivity index (χ1n) is 6.29. The fourth-order valence-electron chi connectivity index (χ4n) is 2.65. The van der Waals surface area contributed by atoms with E-state index in [0.29, 0.717) is 18.8 Å². The SMILES string of the molecule is CC1CCCC(Nc2nc[nH]c(=O)c2N)(C(=O)O)C1. The molecule has 0 aromatic carbocycles. The summed E-state index contributed by atoms with van der Waals surface area (Å²) in [5, 5.41) is 12.4. The van der Waals surface area contributed by atoms with Crippen molar-refractivity contribution in [2.24, 2.45) is 5.92 Å². The van der Waals surface area contributed by atoms with Crippen molar-refractivity contribution in [2.75, 3.05) is 11.1 Å². The molecular weight excluding hydrogens is 248 g/mol. The summed E-state index contributed by atoms with van der Waals surface area (Å²) in [7, 11) is 0. The zero-order valence-electron chi connectivity index (χ0n) is 10.8. The van der Waals surface area contributed by atoms with Crippen LogP contribution in [0, 0.1) is 5.92 Å². The number of aromatic amines is 1. The average Bonchev–Trinajstić information content (AvgIpc) is 2.35. The zero-order chi connectivity index (χ0) is 14.0. The molecule has 0 bridgehead atoms. The number of H-pyrrole nitrogens is 1. The molecule has 2 atom stereocenters. The van der Waals surface area contributed by atoms with Crippen molar-refractivity contribution >= 4 is 17.5 Å². The van der Waals surface area contributed by atoms with Gasteiger partial charge in [0.2, 0.25) is 0 Å². The van der Waals surface area contributed by atoms with E-state index in [9.17, 15) is 14.7 Å². The molecule has 0 radical (unpaired) electrons. The highest BCUT2D eigenvalue weighted by atomic mass is 16.4. The minimum Gasteiger partial charge on any atom is -0.480 e. The predicted octanol–water partition coefficient (Wildman–Crippen LogP) is 0.797. The molecule has 1 aromatic rings. The lowest BCUT2D eigenvalue weighted by atomic mass is 9.76. The Morgan fingerprint density at radius 2 is 2.42 bits per heavy atom. The van der Waals surface area contributed by atoms with Gasteiger partial charge >= 0.3 is 5.97 Å². The van der Waals surface area contributed by atoms with Crippen LogP contribution in [0.5, 0.6) is 0 Å². The maximum absolute atomic E-state index is 11.6. The highest BCUT2D eigenvalue weighted by molar-refractivity contribution is 5.83. The van der Waals surface area contributed by atoms with Crippen LogP contribution in [-0.2, 0) is 4.79 Å². The van der Waals surface area contributed by atoms with Crippen LogP contribution in [-0.4, -0.2) is 26.6 Å². The van der Waals surface area contributed by atoms with Gasteiger partial charge in [-0.1, -0.05) is 19.8 Å². The maximum Gasteiger partial charge on any atom is 0.329 e. The summed E-state index contributed by atoms with van der Waals surface area (Å²) >= 11 is 0. The maximum atomic E-state index is 11.6. The van der Waals surface area contributed by atoms with Crippen LogP contribution in [0.2, 0.25) is 0 Å². The second-order valence-corrected chi connectivity index (χ2v) is 5.21. The summed E-state index contributed by atoms with van der Waals surface area (Å²) < 4.78 is 0. The molecule has 1 saturated carbocycles. The number of aliphatic carboxylic acids is 1. The quantitative estimate of drug-likeness (QED) is 0.642. The highest BCUT2D eigenvalue weighted by Crippen LogP contribution is 2.35. The van der Waals surface area contributed by atoms with Crippen LogP contribution in [0.25, 0.3) is 0 Å². The van der Waals surface area contributed by atoms with Crippen LogP contribution >= 0.6 is 0 Å². The first kappa shape index (κ1) is 13.4. The molecule has 0 amide bonds. The van der Waals surface area contributed by atoms with Gasteiger partial charge in [-0.15, -0.1) is 0 Å². The molecule has 1 aromatic heterocycles. The van der Waals surface area contributed by atoms with Gasteiger partial charge in [-0.2, -0.15) is 0 Å². The highest BCUT2D eigenvalue weighted by Gasteiger charge is 2.42. The summed E-state index contributed by atoms with van der Waals surface area (Å²) in [6.07, 6.45) is 4.04. The molecular formula is C12H18N4O3. The molecule has 2 rings (SSSR count). The number of carboxylic acids is 1. The zero-order valence-corrected chi connectivity index (χ0v) is 10.8. The third kappa shape index (κ3) is 2.54. The molecule has 0 spiro atoms. The Balaban J connectivity index is 2.34. The summed E-state index contributed by atoms with van der Waals surface area (Å²) in [6, 6.07) is 0. The molecule has 5 N–H and O–H groups in total. The molecule has 1 aliphatic carbocycles. The van der Waals surface area contributed by atoms with Crippen LogP contribution in [0.4, 0.5) is 11.5 Å². The van der Waals surface area contributed by atoms with E-state index in [1.807, 2.05) is 6.92 Å². The fourth-order valence-corrected chi connectivity index (χ4v) is 2.65. The van der Waals surface area contributed by atoms with Crippen molar-refractivity contribution in [3.05, 3.63) is 16.7 Å². The number of hydrogen-bond donors (Lipinski definition) is 4. The standard InChI is InChI=1S/C12H18N4O3/c1-7-3-2-4-12(5-7,11(18)19)16-9-8(13)10(17)15-6-14-9/h6-7H,2-5,13H2,1H3,(H,18,19)(H2,14,15,16,17). The smallest absolute Gasteiger partial charge is 0.329 e. The summed E-state index contributed by atoms with van der Waals surface area (Å²) in [5.41, 5.74) is 3.99. The number of nitrogens with two attached hydrogens (primary N) is 1. The van der Waals surface area contributed by atoms with Crippen molar-refractivity contribution in [3.63, 3.8) is 0 Å².